The average molecular weight is 262 g/mol. The van der Waals surface area contributed by atoms with Gasteiger partial charge in [-0.25, -0.2) is 0 Å². The molecule has 4 nitrogen and oxygen atoms in total. The monoisotopic (exact) mass is 262 g/mol. The van der Waals surface area contributed by atoms with E-state index < -0.39 is 0 Å². The first-order valence-corrected chi connectivity index (χ1v) is 6.05. The maximum absolute atomic E-state index is 11.6. The molecule has 0 atom stereocenters. The van der Waals surface area contributed by atoms with Crippen LogP contribution in [0, 0.1) is 0 Å². The van der Waals surface area contributed by atoms with E-state index in [0.717, 1.165) is 16.8 Å². The summed E-state index contributed by atoms with van der Waals surface area (Å²) in [5.41, 5.74) is 2.77. The van der Waals surface area contributed by atoms with Crippen molar-refractivity contribution < 1.29 is 14.3 Å². The van der Waals surface area contributed by atoms with Crippen molar-refractivity contribution in [1.82, 2.24) is 9.78 Å². The molecule has 0 aliphatic rings. The number of rotatable bonds is 6. The van der Waals surface area contributed by atoms with E-state index in [1.807, 2.05) is 30.3 Å². The fourth-order valence-electron chi connectivity index (χ4n) is 1.85. The fourth-order valence-corrected chi connectivity index (χ4v) is 1.85. The molecule has 0 saturated heterocycles. The number of hydrogen-bond acceptors (Lipinski definition) is 3. The molecule has 2 aromatic rings. The van der Waals surface area contributed by atoms with Crippen molar-refractivity contribution in [2.45, 2.75) is 19.9 Å². The highest BCUT2D eigenvalue weighted by Crippen LogP contribution is 2.17. The van der Waals surface area contributed by atoms with Crippen molar-refractivity contribution in [2.24, 2.45) is 0 Å². The van der Waals surface area contributed by atoms with Crippen LogP contribution in [-0.4, -0.2) is 22.2 Å². The Labute approximate surface area is 110 Å². The summed E-state index contributed by atoms with van der Waals surface area (Å²) >= 11 is 0. The summed E-state index contributed by atoms with van der Waals surface area (Å²) in [5, 5.41) is 4.31. The lowest BCUT2D eigenvalue weighted by Crippen LogP contribution is -2.03. The summed E-state index contributed by atoms with van der Waals surface area (Å²) in [6.45, 7) is 1.93. The first-order chi connectivity index (χ1) is 9.19. The normalized spacial score (nSPS) is 10.6. The van der Waals surface area contributed by atoms with Gasteiger partial charge in [-0.1, -0.05) is 24.3 Å². The second-order valence-corrected chi connectivity index (χ2v) is 4.35. The SMILES string of the molecule is CC(=O)Cc1ccc(-c2ccn(CCOF)n2)cc1. The lowest BCUT2D eigenvalue weighted by Gasteiger charge is -2.01. The molecule has 0 spiro atoms. The van der Waals surface area contributed by atoms with Gasteiger partial charge in [-0.2, -0.15) is 10.0 Å². The topological polar surface area (TPSA) is 44.1 Å². The largest absolute Gasteiger partial charge is 0.300 e. The first-order valence-electron chi connectivity index (χ1n) is 6.05. The molecule has 100 valence electrons. The molecule has 0 radical (unpaired) electrons. The minimum atomic E-state index is -0.0152. The number of benzene rings is 1. The number of aromatic nitrogens is 2. The third kappa shape index (κ3) is 3.72. The van der Waals surface area contributed by atoms with Crippen LogP contribution in [0.1, 0.15) is 12.5 Å². The van der Waals surface area contributed by atoms with Crippen molar-refractivity contribution in [3.05, 3.63) is 42.1 Å². The fraction of sp³-hybridized carbons (Fsp3) is 0.286. The van der Waals surface area contributed by atoms with Gasteiger partial charge in [0.15, 0.2) is 0 Å². The molecule has 0 aliphatic carbocycles. The highest BCUT2D eigenvalue weighted by atomic mass is 19.3. The first kappa shape index (κ1) is 13.4. The predicted molar refractivity (Wildman–Crippen MR) is 69.1 cm³/mol. The summed E-state index contributed by atoms with van der Waals surface area (Å²) in [4.78, 5) is 14.5. The molecular weight excluding hydrogens is 247 g/mol. The van der Waals surface area contributed by atoms with Crippen LogP contribution >= 0.6 is 0 Å². The van der Waals surface area contributed by atoms with Crippen molar-refractivity contribution in [2.75, 3.05) is 6.61 Å². The van der Waals surface area contributed by atoms with E-state index in [4.69, 9.17) is 0 Å². The molecule has 1 heterocycles. The van der Waals surface area contributed by atoms with Crippen LogP contribution in [-0.2, 0) is 22.7 Å². The summed E-state index contributed by atoms with van der Waals surface area (Å²) in [7, 11) is 0. The standard InChI is InChI=1S/C14H15FN2O2/c1-11(18)10-12-2-4-13(5-3-12)14-6-7-17(16-14)8-9-19-15/h2-7H,8-10H2,1H3. The van der Waals surface area contributed by atoms with Crippen LogP contribution in [0.15, 0.2) is 36.5 Å². The van der Waals surface area contributed by atoms with Crippen LogP contribution < -0.4 is 0 Å². The molecule has 0 saturated carbocycles. The van der Waals surface area contributed by atoms with Gasteiger partial charge in [-0.3, -0.25) is 9.48 Å². The predicted octanol–water partition coefficient (Wildman–Crippen LogP) is 2.58. The van der Waals surface area contributed by atoms with Gasteiger partial charge in [0.1, 0.15) is 12.4 Å². The lowest BCUT2D eigenvalue weighted by atomic mass is 10.1. The van der Waals surface area contributed by atoms with Gasteiger partial charge in [-0.05, 0) is 23.1 Å². The van der Waals surface area contributed by atoms with Crippen LogP contribution in [0.5, 0.6) is 0 Å². The van der Waals surface area contributed by atoms with Gasteiger partial charge in [0.05, 0.1) is 12.2 Å². The van der Waals surface area contributed by atoms with E-state index in [-0.39, 0.29) is 12.4 Å². The van der Waals surface area contributed by atoms with Gasteiger partial charge in [0.25, 0.3) is 0 Å². The number of carbonyl (C=O) groups excluding carboxylic acids is 1. The van der Waals surface area contributed by atoms with E-state index in [9.17, 15) is 9.32 Å². The molecule has 0 amide bonds. The third-order valence-corrected chi connectivity index (χ3v) is 2.74. The van der Waals surface area contributed by atoms with E-state index in [1.54, 1.807) is 17.8 Å². The molecule has 0 unspecified atom stereocenters. The minimum Gasteiger partial charge on any atom is -0.300 e. The minimum absolute atomic E-state index is 0.0152. The Morgan fingerprint density at radius 2 is 2.05 bits per heavy atom. The molecular formula is C14H15FN2O2. The molecule has 2 rings (SSSR count). The van der Waals surface area contributed by atoms with E-state index in [0.29, 0.717) is 13.0 Å². The number of halogens is 1. The molecule has 0 aliphatic heterocycles. The number of carbonyl (C=O) groups is 1. The van der Waals surface area contributed by atoms with Gasteiger partial charge >= 0.3 is 0 Å². The van der Waals surface area contributed by atoms with Crippen molar-refractivity contribution in [3.63, 3.8) is 0 Å². The highest BCUT2D eigenvalue weighted by Gasteiger charge is 2.03. The van der Waals surface area contributed by atoms with Crippen LogP contribution in [0.3, 0.4) is 0 Å². The summed E-state index contributed by atoms with van der Waals surface area (Å²) < 4.78 is 13.2. The zero-order valence-electron chi connectivity index (χ0n) is 10.7. The maximum Gasteiger partial charge on any atom is 0.134 e. The number of nitrogens with zero attached hydrogens (tertiary/aromatic N) is 2. The zero-order valence-corrected chi connectivity index (χ0v) is 10.7. The molecule has 0 N–H and O–H groups in total. The Balaban J connectivity index is 2.09. The van der Waals surface area contributed by atoms with Crippen molar-refractivity contribution in [1.29, 1.82) is 0 Å². The van der Waals surface area contributed by atoms with Crippen molar-refractivity contribution >= 4 is 5.78 Å². The Morgan fingerprint density at radius 3 is 2.68 bits per heavy atom. The Hall–Kier alpha value is -2.01. The van der Waals surface area contributed by atoms with Gasteiger partial charge in [0, 0.05) is 18.2 Å². The quantitative estimate of drug-likeness (QED) is 0.803. The molecule has 0 fully saturated rings. The Bertz CT molecular complexity index is 549. The number of ketones is 1. The van der Waals surface area contributed by atoms with Crippen LogP contribution in [0.2, 0.25) is 0 Å². The van der Waals surface area contributed by atoms with E-state index in [1.165, 1.54) is 0 Å². The van der Waals surface area contributed by atoms with Crippen LogP contribution in [0.4, 0.5) is 4.53 Å². The highest BCUT2D eigenvalue weighted by molar-refractivity contribution is 5.78. The van der Waals surface area contributed by atoms with Gasteiger partial charge < -0.3 is 0 Å². The van der Waals surface area contributed by atoms with E-state index >= 15 is 0 Å². The summed E-state index contributed by atoms with van der Waals surface area (Å²) in [6, 6.07) is 9.55. The molecule has 1 aromatic heterocycles. The molecule has 19 heavy (non-hydrogen) atoms. The van der Waals surface area contributed by atoms with E-state index in [2.05, 4.69) is 10.0 Å². The molecule has 1 aromatic carbocycles. The number of Topliss-reactive ketones (excluding diaryl/α,β-unsaturated/α-hetero) is 1. The Morgan fingerprint density at radius 1 is 1.32 bits per heavy atom. The Kier molecular flexibility index (Phi) is 4.41. The average Bonchev–Trinajstić information content (AvgIpc) is 2.85. The van der Waals surface area contributed by atoms with Crippen molar-refractivity contribution in [3.8, 4) is 11.3 Å². The third-order valence-electron chi connectivity index (χ3n) is 2.74. The lowest BCUT2D eigenvalue weighted by molar-refractivity contribution is -0.135. The molecule has 5 heteroatoms. The van der Waals surface area contributed by atoms with Gasteiger partial charge in [0.2, 0.25) is 0 Å². The molecule has 0 bridgehead atoms. The number of hydrogen-bond donors (Lipinski definition) is 0. The maximum atomic E-state index is 11.6. The zero-order chi connectivity index (χ0) is 13.7. The summed E-state index contributed by atoms with van der Waals surface area (Å²) in [5.74, 6) is 0.142. The summed E-state index contributed by atoms with van der Waals surface area (Å²) in [6.07, 6.45) is 2.22. The van der Waals surface area contributed by atoms with Crippen LogP contribution in [0.25, 0.3) is 11.3 Å². The smallest absolute Gasteiger partial charge is 0.134 e. The second kappa shape index (κ2) is 6.24. The van der Waals surface area contributed by atoms with Gasteiger partial charge in [-0.15, -0.1) is 0 Å². The second-order valence-electron chi connectivity index (χ2n) is 4.35.